The maximum absolute atomic E-state index is 13.1. The quantitative estimate of drug-likeness (QED) is 0.725. The van der Waals surface area contributed by atoms with Gasteiger partial charge in [0.1, 0.15) is 0 Å². The molecule has 0 aliphatic heterocycles. The van der Waals surface area contributed by atoms with E-state index in [2.05, 4.69) is 15.4 Å². The van der Waals surface area contributed by atoms with E-state index < -0.39 is 11.9 Å². The second kappa shape index (κ2) is 6.74. The second-order valence-corrected chi connectivity index (χ2v) is 7.51. The molecule has 0 fully saturated rings. The van der Waals surface area contributed by atoms with Crippen molar-refractivity contribution in [1.29, 1.82) is 0 Å². The number of nitrogens with zero attached hydrogens (tertiary/aromatic N) is 3. The van der Waals surface area contributed by atoms with Crippen LogP contribution in [-0.2, 0) is 4.79 Å². The third kappa shape index (κ3) is 2.93. The van der Waals surface area contributed by atoms with Crippen LogP contribution < -0.4 is 5.32 Å². The first-order chi connectivity index (χ1) is 13.4. The third-order valence-corrected chi connectivity index (χ3v) is 5.25. The summed E-state index contributed by atoms with van der Waals surface area (Å²) in [7, 11) is 0. The van der Waals surface area contributed by atoms with Gasteiger partial charge < -0.3 is 10.4 Å². The fourth-order valence-electron chi connectivity index (χ4n) is 3.95. The van der Waals surface area contributed by atoms with Gasteiger partial charge in [0.2, 0.25) is 0 Å². The van der Waals surface area contributed by atoms with Crippen LogP contribution in [0.15, 0.2) is 36.5 Å². The van der Waals surface area contributed by atoms with Crippen molar-refractivity contribution in [1.82, 2.24) is 20.1 Å². The molecule has 4 rings (SSSR count). The molecule has 2 heterocycles. The van der Waals surface area contributed by atoms with Crippen molar-refractivity contribution >= 4 is 22.9 Å². The number of carbonyl (C=O) groups excluding carboxylic acids is 1. The number of rotatable bonds is 4. The van der Waals surface area contributed by atoms with Gasteiger partial charge in [-0.1, -0.05) is 24.3 Å². The normalized spacial score (nSPS) is 18.4. The van der Waals surface area contributed by atoms with Crippen molar-refractivity contribution in [2.75, 3.05) is 0 Å². The summed E-state index contributed by atoms with van der Waals surface area (Å²) in [5, 5.41) is 17.6. The second-order valence-electron chi connectivity index (χ2n) is 7.51. The van der Waals surface area contributed by atoms with E-state index in [4.69, 9.17) is 0 Å². The van der Waals surface area contributed by atoms with E-state index in [1.807, 2.05) is 45.0 Å². The molecule has 1 aliphatic rings. The van der Waals surface area contributed by atoms with E-state index in [-0.39, 0.29) is 18.0 Å². The van der Waals surface area contributed by atoms with E-state index in [9.17, 15) is 14.7 Å². The molecule has 0 spiro atoms. The number of pyridine rings is 1. The molecular weight excluding hydrogens is 356 g/mol. The van der Waals surface area contributed by atoms with Crippen molar-refractivity contribution in [2.24, 2.45) is 0 Å². The zero-order chi connectivity index (χ0) is 20.0. The van der Waals surface area contributed by atoms with Crippen LogP contribution in [0, 0.1) is 6.92 Å². The Labute approximate surface area is 162 Å². The lowest BCUT2D eigenvalue weighted by molar-refractivity contribution is -0.138. The molecule has 0 bridgehead atoms. The predicted molar refractivity (Wildman–Crippen MR) is 104 cm³/mol. The molecule has 7 heteroatoms. The number of hydrogen-bond donors (Lipinski definition) is 2. The van der Waals surface area contributed by atoms with E-state index in [0.717, 1.165) is 16.8 Å². The van der Waals surface area contributed by atoms with Gasteiger partial charge in [-0.2, -0.15) is 5.10 Å². The molecule has 2 atom stereocenters. The van der Waals surface area contributed by atoms with Gasteiger partial charge in [-0.3, -0.25) is 9.59 Å². The van der Waals surface area contributed by atoms with Gasteiger partial charge in [-0.05, 0) is 44.4 Å². The lowest BCUT2D eigenvalue weighted by atomic mass is 10.0. The number of fused-ring (bicyclic) bond motifs is 2. The molecular formula is C21H22N4O3. The van der Waals surface area contributed by atoms with Crippen LogP contribution in [0.3, 0.4) is 0 Å². The number of amides is 1. The zero-order valence-corrected chi connectivity index (χ0v) is 16.0. The molecule has 1 aromatic carbocycles. The first-order valence-electron chi connectivity index (χ1n) is 9.34. The number of hydrogen-bond acceptors (Lipinski definition) is 4. The summed E-state index contributed by atoms with van der Waals surface area (Å²) in [6.45, 7) is 5.87. The van der Waals surface area contributed by atoms with Crippen molar-refractivity contribution in [2.45, 2.75) is 45.2 Å². The summed E-state index contributed by atoms with van der Waals surface area (Å²) in [5.41, 5.74) is 3.54. The van der Waals surface area contributed by atoms with Crippen LogP contribution in [0.25, 0.3) is 11.0 Å². The molecule has 3 aromatic rings. The molecule has 0 saturated carbocycles. The number of carboxylic acid groups (broad SMARTS) is 1. The highest BCUT2D eigenvalue weighted by Gasteiger charge is 2.36. The highest BCUT2D eigenvalue weighted by atomic mass is 16.4. The Balaban J connectivity index is 1.69. The fourth-order valence-corrected chi connectivity index (χ4v) is 3.95. The van der Waals surface area contributed by atoms with E-state index in [1.165, 1.54) is 0 Å². The Hall–Kier alpha value is -3.22. The largest absolute Gasteiger partial charge is 0.481 e. The number of carboxylic acids is 1. The zero-order valence-electron chi connectivity index (χ0n) is 16.0. The van der Waals surface area contributed by atoms with Gasteiger partial charge in [0, 0.05) is 11.7 Å². The maximum Gasteiger partial charge on any atom is 0.311 e. The highest BCUT2D eigenvalue weighted by molar-refractivity contribution is 6.05. The van der Waals surface area contributed by atoms with Crippen molar-refractivity contribution < 1.29 is 14.7 Å². The Kier molecular flexibility index (Phi) is 4.37. The molecule has 1 amide bonds. The molecule has 0 radical (unpaired) electrons. The van der Waals surface area contributed by atoms with Crippen LogP contribution in [0.1, 0.15) is 65.4 Å². The van der Waals surface area contributed by atoms with Gasteiger partial charge in [0.25, 0.3) is 5.91 Å². The van der Waals surface area contributed by atoms with Gasteiger partial charge >= 0.3 is 5.97 Å². The molecule has 28 heavy (non-hydrogen) atoms. The van der Waals surface area contributed by atoms with Crippen LogP contribution in [0.5, 0.6) is 0 Å². The summed E-state index contributed by atoms with van der Waals surface area (Å²) in [6.07, 6.45) is 2.01. The smallest absolute Gasteiger partial charge is 0.311 e. The number of aryl methyl sites for hydroxylation is 1. The molecule has 144 valence electrons. The van der Waals surface area contributed by atoms with Gasteiger partial charge in [-0.15, -0.1) is 0 Å². The van der Waals surface area contributed by atoms with Crippen LogP contribution in [0.2, 0.25) is 0 Å². The molecule has 7 nitrogen and oxygen atoms in total. The average molecular weight is 378 g/mol. The van der Waals surface area contributed by atoms with Crippen LogP contribution in [0.4, 0.5) is 0 Å². The minimum Gasteiger partial charge on any atom is -0.481 e. The summed E-state index contributed by atoms with van der Waals surface area (Å²) in [5.74, 6) is -1.72. The van der Waals surface area contributed by atoms with Gasteiger partial charge in [0.15, 0.2) is 5.65 Å². The number of carbonyl (C=O) groups is 2. The standard InChI is InChI=1S/C21H22N4O3/c1-11(2)25-19-17(10-22-25)15(8-12(3)23-19)20(26)24-18-9-16(21(27)28)13-6-4-5-7-14(13)18/h4-8,10-11,16,18H,9H2,1-3H3,(H,24,26)(H,27,28). The predicted octanol–water partition coefficient (Wildman–Crippen LogP) is 3.36. The Bertz CT molecular complexity index is 1090. The summed E-state index contributed by atoms with van der Waals surface area (Å²) in [6, 6.07) is 8.93. The summed E-state index contributed by atoms with van der Waals surface area (Å²) in [4.78, 5) is 29.3. The van der Waals surface area contributed by atoms with Crippen molar-refractivity contribution in [3.8, 4) is 0 Å². The SMILES string of the molecule is Cc1cc(C(=O)NC2CC(C(=O)O)c3ccccc32)c2cnn(C(C)C)c2n1. The fraction of sp³-hybridized carbons (Fsp3) is 0.333. The third-order valence-electron chi connectivity index (χ3n) is 5.25. The topological polar surface area (TPSA) is 97.1 Å². The van der Waals surface area contributed by atoms with E-state index >= 15 is 0 Å². The van der Waals surface area contributed by atoms with Crippen LogP contribution in [-0.4, -0.2) is 31.7 Å². The molecule has 2 N–H and O–H groups in total. The summed E-state index contributed by atoms with van der Waals surface area (Å²) < 4.78 is 1.80. The van der Waals surface area contributed by atoms with E-state index in [0.29, 0.717) is 23.0 Å². The molecule has 1 aliphatic carbocycles. The number of benzene rings is 1. The highest BCUT2D eigenvalue weighted by Crippen LogP contribution is 2.40. The first-order valence-corrected chi connectivity index (χ1v) is 9.34. The van der Waals surface area contributed by atoms with Crippen molar-refractivity contribution in [3.63, 3.8) is 0 Å². The van der Waals surface area contributed by atoms with Crippen molar-refractivity contribution in [3.05, 3.63) is 58.9 Å². The minimum absolute atomic E-state index is 0.126. The number of aliphatic carboxylic acids is 1. The molecule has 2 aromatic heterocycles. The minimum atomic E-state index is -0.871. The molecule has 0 saturated heterocycles. The molecule has 2 unspecified atom stereocenters. The monoisotopic (exact) mass is 378 g/mol. The Morgan fingerprint density at radius 3 is 2.64 bits per heavy atom. The first kappa shape index (κ1) is 18.2. The summed E-state index contributed by atoms with van der Waals surface area (Å²) >= 11 is 0. The van der Waals surface area contributed by atoms with E-state index in [1.54, 1.807) is 16.9 Å². The maximum atomic E-state index is 13.1. The Morgan fingerprint density at radius 2 is 1.96 bits per heavy atom. The lowest BCUT2D eigenvalue weighted by Crippen LogP contribution is -2.28. The number of aromatic nitrogens is 3. The average Bonchev–Trinajstić information content (AvgIpc) is 3.23. The lowest BCUT2D eigenvalue weighted by Gasteiger charge is -2.15. The van der Waals surface area contributed by atoms with Gasteiger partial charge in [0.05, 0.1) is 29.1 Å². The van der Waals surface area contributed by atoms with Gasteiger partial charge in [-0.25, -0.2) is 9.67 Å². The Morgan fingerprint density at radius 1 is 1.25 bits per heavy atom. The number of nitrogens with one attached hydrogen (secondary N) is 1. The van der Waals surface area contributed by atoms with Crippen LogP contribution >= 0.6 is 0 Å².